The van der Waals surface area contributed by atoms with Crippen molar-refractivity contribution < 1.29 is 33.7 Å². The lowest BCUT2D eigenvalue weighted by Gasteiger charge is -2.68. The minimum absolute atomic E-state index is 0.0657. The fourth-order valence-corrected chi connectivity index (χ4v) is 8.31. The standard InChI is InChI=1S/C23H30O7/c1-11-13-8-14(30-12(2)24)17-22-7-5-6-21(3,20(27)29-10-22)15(22)9-16(28-4)23(17,18(11)25)19(13)26/h13-17,19,26H,1,5-10H2,2-4H3. The zero-order chi connectivity index (χ0) is 21.6. The number of aliphatic hydroxyl groups is 1. The number of carbonyl (C=O) groups is 3. The third-order valence-corrected chi connectivity index (χ3v) is 9.32. The largest absolute Gasteiger partial charge is 0.465 e. The summed E-state index contributed by atoms with van der Waals surface area (Å²) in [7, 11) is 1.55. The summed E-state index contributed by atoms with van der Waals surface area (Å²) in [6, 6.07) is 0. The molecule has 1 spiro atoms. The van der Waals surface area contributed by atoms with E-state index in [1.165, 1.54) is 6.92 Å². The Hall–Kier alpha value is -1.73. The second-order valence-electron chi connectivity index (χ2n) is 10.3. The molecule has 4 aliphatic carbocycles. The van der Waals surface area contributed by atoms with Crippen molar-refractivity contribution in [2.75, 3.05) is 13.7 Å². The number of aliphatic hydroxyl groups excluding tert-OH is 1. The molecule has 0 aromatic rings. The van der Waals surface area contributed by atoms with Crippen LogP contribution in [0.5, 0.6) is 0 Å². The SMILES string of the molecule is C=C1C(=O)C23C(OC)CC4C5(C)CCCC4(COC5=O)C2C(OC(C)=O)CC1C3O. The molecule has 7 nitrogen and oxygen atoms in total. The number of methoxy groups -OCH3 is 1. The Morgan fingerprint density at radius 2 is 2.00 bits per heavy atom. The van der Waals surface area contributed by atoms with Gasteiger partial charge >= 0.3 is 11.9 Å². The number of esters is 2. The summed E-state index contributed by atoms with van der Waals surface area (Å²) in [5.74, 6) is -1.79. The average molecular weight is 418 g/mol. The Labute approximate surface area is 176 Å². The van der Waals surface area contributed by atoms with Crippen LogP contribution in [0.15, 0.2) is 12.2 Å². The van der Waals surface area contributed by atoms with Gasteiger partial charge in [0.1, 0.15) is 6.10 Å². The molecule has 0 aromatic heterocycles. The predicted molar refractivity (Wildman–Crippen MR) is 104 cm³/mol. The fourth-order valence-electron chi connectivity index (χ4n) is 8.31. The maximum atomic E-state index is 13.7. The first-order chi connectivity index (χ1) is 14.1. The Morgan fingerprint density at radius 3 is 2.67 bits per heavy atom. The first-order valence-electron chi connectivity index (χ1n) is 10.9. The summed E-state index contributed by atoms with van der Waals surface area (Å²) in [4.78, 5) is 38.6. The van der Waals surface area contributed by atoms with Crippen LogP contribution in [0.3, 0.4) is 0 Å². The van der Waals surface area contributed by atoms with Gasteiger partial charge in [0.05, 0.1) is 29.6 Å². The molecule has 0 aromatic carbocycles. The van der Waals surface area contributed by atoms with Gasteiger partial charge in [0.15, 0.2) is 5.78 Å². The lowest BCUT2D eigenvalue weighted by Crippen LogP contribution is -2.74. The lowest BCUT2D eigenvalue weighted by atomic mass is 9.38. The number of ketones is 1. The van der Waals surface area contributed by atoms with Crippen molar-refractivity contribution in [1.29, 1.82) is 0 Å². The molecule has 9 atom stereocenters. The van der Waals surface area contributed by atoms with Gasteiger partial charge in [0, 0.05) is 31.3 Å². The normalized spacial score (nSPS) is 51.7. The van der Waals surface area contributed by atoms with E-state index in [-0.39, 0.29) is 24.3 Å². The molecule has 1 heterocycles. The molecule has 5 rings (SSSR count). The van der Waals surface area contributed by atoms with Crippen molar-refractivity contribution in [2.45, 2.75) is 64.3 Å². The molecule has 4 saturated carbocycles. The van der Waals surface area contributed by atoms with Gasteiger partial charge in [-0.3, -0.25) is 14.4 Å². The third-order valence-electron chi connectivity index (χ3n) is 9.32. The van der Waals surface area contributed by atoms with Crippen LogP contribution in [0.4, 0.5) is 0 Å². The first-order valence-corrected chi connectivity index (χ1v) is 10.9. The fraction of sp³-hybridized carbons (Fsp3) is 0.783. The molecular formula is C23H30O7. The quantitative estimate of drug-likeness (QED) is 0.539. The van der Waals surface area contributed by atoms with Crippen LogP contribution in [0, 0.1) is 34.0 Å². The van der Waals surface area contributed by atoms with Crippen molar-refractivity contribution in [2.24, 2.45) is 34.0 Å². The van der Waals surface area contributed by atoms with Gasteiger partial charge in [-0.25, -0.2) is 0 Å². The number of cyclic esters (lactones) is 1. The Morgan fingerprint density at radius 1 is 1.27 bits per heavy atom. The van der Waals surface area contributed by atoms with Crippen LogP contribution in [0.25, 0.3) is 0 Å². The van der Waals surface area contributed by atoms with E-state index >= 15 is 0 Å². The number of hydrogen-bond donors (Lipinski definition) is 1. The Balaban J connectivity index is 1.76. The molecule has 4 bridgehead atoms. The second kappa shape index (κ2) is 6.16. The van der Waals surface area contributed by atoms with Gasteiger partial charge in [0.25, 0.3) is 0 Å². The molecule has 0 radical (unpaired) electrons. The van der Waals surface area contributed by atoms with E-state index in [0.29, 0.717) is 18.4 Å². The Kier molecular flexibility index (Phi) is 4.15. The number of rotatable bonds is 2. The van der Waals surface area contributed by atoms with Crippen LogP contribution in [0.2, 0.25) is 0 Å². The molecule has 7 heteroatoms. The van der Waals surface area contributed by atoms with Crippen molar-refractivity contribution in [3.63, 3.8) is 0 Å². The van der Waals surface area contributed by atoms with Crippen LogP contribution in [-0.2, 0) is 28.6 Å². The highest BCUT2D eigenvalue weighted by Crippen LogP contribution is 2.73. The molecular weight excluding hydrogens is 388 g/mol. The third kappa shape index (κ3) is 2.06. The van der Waals surface area contributed by atoms with Gasteiger partial charge in [-0.1, -0.05) is 13.0 Å². The van der Waals surface area contributed by atoms with Crippen molar-refractivity contribution in [1.82, 2.24) is 0 Å². The molecule has 30 heavy (non-hydrogen) atoms. The number of hydrogen-bond acceptors (Lipinski definition) is 7. The zero-order valence-electron chi connectivity index (χ0n) is 17.8. The van der Waals surface area contributed by atoms with Gasteiger partial charge in [0.2, 0.25) is 0 Å². The van der Waals surface area contributed by atoms with Gasteiger partial charge in [-0.2, -0.15) is 0 Å². The van der Waals surface area contributed by atoms with E-state index in [9.17, 15) is 19.5 Å². The molecule has 9 unspecified atom stereocenters. The summed E-state index contributed by atoms with van der Waals surface area (Å²) in [6.07, 6.45) is 1.08. The maximum Gasteiger partial charge on any atom is 0.312 e. The highest BCUT2D eigenvalue weighted by Gasteiger charge is 2.79. The summed E-state index contributed by atoms with van der Waals surface area (Å²) < 4.78 is 17.5. The highest BCUT2D eigenvalue weighted by molar-refractivity contribution is 6.04. The van der Waals surface area contributed by atoms with E-state index in [4.69, 9.17) is 14.2 Å². The maximum absolute atomic E-state index is 13.7. The lowest BCUT2D eigenvalue weighted by molar-refractivity contribution is -0.287. The molecule has 1 N–H and O–H groups in total. The topological polar surface area (TPSA) is 99.1 Å². The van der Waals surface area contributed by atoms with Crippen LogP contribution >= 0.6 is 0 Å². The molecule has 1 saturated heterocycles. The number of Topliss-reactive ketones (excluding diaryl/α,β-unsaturated/α-hetero) is 1. The monoisotopic (exact) mass is 418 g/mol. The summed E-state index contributed by atoms with van der Waals surface area (Å²) >= 11 is 0. The number of fused-ring (bicyclic) bond motifs is 1. The number of carbonyl (C=O) groups excluding carboxylic acids is 3. The van der Waals surface area contributed by atoms with E-state index in [1.807, 2.05) is 6.92 Å². The van der Waals surface area contributed by atoms with Crippen LogP contribution in [-0.4, -0.2) is 54.9 Å². The van der Waals surface area contributed by atoms with Crippen molar-refractivity contribution >= 4 is 17.7 Å². The van der Waals surface area contributed by atoms with E-state index in [0.717, 1.165) is 19.3 Å². The average Bonchev–Trinajstić information content (AvgIpc) is 2.81. The number of ether oxygens (including phenoxy) is 3. The summed E-state index contributed by atoms with van der Waals surface area (Å²) in [6.45, 7) is 7.52. The highest BCUT2D eigenvalue weighted by atomic mass is 16.5. The predicted octanol–water partition coefficient (Wildman–Crippen LogP) is 1.81. The molecule has 164 valence electrons. The van der Waals surface area contributed by atoms with Gasteiger partial charge in [-0.15, -0.1) is 0 Å². The molecule has 5 fully saturated rings. The Bertz CT molecular complexity index is 850. The van der Waals surface area contributed by atoms with Crippen molar-refractivity contribution in [3.8, 4) is 0 Å². The van der Waals surface area contributed by atoms with Crippen molar-refractivity contribution in [3.05, 3.63) is 12.2 Å². The minimum atomic E-state index is -1.23. The second-order valence-corrected chi connectivity index (χ2v) is 10.3. The minimum Gasteiger partial charge on any atom is -0.465 e. The molecule has 1 aliphatic heterocycles. The zero-order valence-corrected chi connectivity index (χ0v) is 17.8. The van der Waals surface area contributed by atoms with Gasteiger partial charge in [-0.05, 0) is 44.1 Å². The van der Waals surface area contributed by atoms with Gasteiger partial charge < -0.3 is 19.3 Å². The summed E-state index contributed by atoms with van der Waals surface area (Å²) in [5.41, 5.74) is -2.04. The smallest absolute Gasteiger partial charge is 0.312 e. The van der Waals surface area contributed by atoms with E-state index < -0.39 is 52.4 Å². The first kappa shape index (κ1) is 20.2. The van der Waals surface area contributed by atoms with Crippen LogP contribution in [0.1, 0.15) is 46.0 Å². The van der Waals surface area contributed by atoms with E-state index in [1.54, 1.807) is 7.11 Å². The van der Waals surface area contributed by atoms with E-state index in [2.05, 4.69) is 6.58 Å². The molecule has 5 aliphatic rings. The van der Waals surface area contributed by atoms with Crippen LogP contribution < -0.4 is 0 Å². The summed E-state index contributed by atoms with van der Waals surface area (Å²) in [5, 5.41) is 11.5. The molecule has 0 amide bonds.